The number of hydrogen-bond acceptors (Lipinski definition) is 4. The smallest absolute Gasteiger partial charge is 0.245 e. The van der Waals surface area contributed by atoms with Gasteiger partial charge in [-0.25, -0.2) is 4.39 Å². The minimum absolute atomic E-state index is 0.00691. The molecule has 1 aliphatic rings. The molecule has 1 aliphatic heterocycles. The van der Waals surface area contributed by atoms with Crippen molar-refractivity contribution in [3.8, 4) is 11.4 Å². The standard InChI is InChI=1S/C16H16FN3O2/c1-2-14(21)20-8-4-6-12(10-20)16-18-15(19-22-16)11-5-3-7-13(17)9-11/h2-3,5,7,9,12H,1,4,6,8,10H2. The van der Waals surface area contributed by atoms with Gasteiger partial charge >= 0.3 is 0 Å². The van der Waals surface area contributed by atoms with Crippen LogP contribution in [0.4, 0.5) is 4.39 Å². The van der Waals surface area contributed by atoms with Crippen LogP contribution in [0.25, 0.3) is 11.4 Å². The van der Waals surface area contributed by atoms with E-state index in [0.717, 1.165) is 12.8 Å². The predicted octanol–water partition coefficient (Wildman–Crippen LogP) is 2.77. The Kier molecular flexibility index (Phi) is 4.00. The van der Waals surface area contributed by atoms with E-state index in [1.807, 2.05) is 0 Å². The highest BCUT2D eigenvalue weighted by atomic mass is 19.1. The fraction of sp³-hybridized carbons (Fsp3) is 0.312. The molecule has 3 rings (SSSR count). The second-order valence-corrected chi connectivity index (χ2v) is 5.29. The first-order valence-electron chi connectivity index (χ1n) is 7.18. The van der Waals surface area contributed by atoms with Crippen LogP contribution in [0.2, 0.25) is 0 Å². The highest BCUT2D eigenvalue weighted by Crippen LogP contribution is 2.27. The summed E-state index contributed by atoms with van der Waals surface area (Å²) in [6.07, 6.45) is 3.07. The van der Waals surface area contributed by atoms with Gasteiger partial charge in [0.25, 0.3) is 0 Å². The number of rotatable bonds is 3. The number of benzene rings is 1. The zero-order chi connectivity index (χ0) is 15.5. The van der Waals surface area contributed by atoms with Gasteiger partial charge in [-0.3, -0.25) is 4.79 Å². The fourth-order valence-electron chi connectivity index (χ4n) is 2.65. The van der Waals surface area contributed by atoms with E-state index in [0.29, 0.717) is 30.4 Å². The fourth-order valence-corrected chi connectivity index (χ4v) is 2.65. The SMILES string of the molecule is C=CC(=O)N1CCCC(c2nc(-c3cccc(F)c3)no2)C1. The van der Waals surface area contributed by atoms with Gasteiger partial charge in [0.1, 0.15) is 5.82 Å². The van der Waals surface area contributed by atoms with E-state index in [1.54, 1.807) is 17.0 Å². The Morgan fingerprint density at radius 2 is 2.36 bits per heavy atom. The van der Waals surface area contributed by atoms with Crippen LogP contribution >= 0.6 is 0 Å². The minimum Gasteiger partial charge on any atom is -0.339 e. The lowest BCUT2D eigenvalue weighted by Gasteiger charge is -2.30. The van der Waals surface area contributed by atoms with Crippen LogP contribution in [0, 0.1) is 5.82 Å². The van der Waals surface area contributed by atoms with Crippen molar-refractivity contribution in [3.05, 3.63) is 48.6 Å². The summed E-state index contributed by atoms with van der Waals surface area (Å²) in [5.74, 6) is 0.425. The number of carbonyl (C=O) groups is 1. The van der Waals surface area contributed by atoms with Crippen molar-refractivity contribution in [1.82, 2.24) is 15.0 Å². The van der Waals surface area contributed by atoms with Crippen molar-refractivity contribution in [2.45, 2.75) is 18.8 Å². The van der Waals surface area contributed by atoms with Gasteiger partial charge in [-0.1, -0.05) is 23.9 Å². The first-order chi connectivity index (χ1) is 10.7. The Morgan fingerprint density at radius 1 is 1.50 bits per heavy atom. The van der Waals surface area contributed by atoms with Crippen molar-refractivity contribution in [2.75, 3.05) is 13.1 Å². The molecule has 0 saturated carbocycles. The van der Waals surface area contributed by atoms with E-state index >= 15 is 0 Å². The lowest BCUT2D eigenvalue weighted by molar-refractivity contribution is -0.127. The Labute approximate surface area is 127 Å². The van der Waals surface area contributed by atoms with Crippen LogP contribution in [0.5, 0.6) is 0 Å². The predicted molar refractivity (Wildman–Crippen MR) is 78.4 cm³/mol. The van der Waals surface area contributed by atoms with Crippen molar-refractivity contribution in [2.24, 2.45) is 0 Å². The van der Waals surface area contributed by atoms with E-state index in [9.17, 15) is 9.18 Å². The molecule has 1 fully saturated rings. The number of aromatic nitrogens is 2. The molecule has 5 nitrogen and oxygen atoms in total. The van der Waals surface area contributed by atoms with Crippen molar-refractivity contribution in [3.63, 3.8) is 0 Å². The number of likely N-dealkylation sites (tertiary alicyclic amines) is 1. The largest absolute Gasteiger partial charge is 0.339 e. The average molecular weight is 301 g/mol. The zero-order valence-corrected chi connectivity index (χ0v) is 12.0. The molecule has 1 aromatic heterocycles. The summed E-state index contributed by atoms with van der Waals surface area (Å²) in [4.78, 5) is 17.8. The van der Waals surface area contributed by atoms with Gasteiger partial charge in [-0.15, -0.1) is 0 Å². The monoisotopic (exact) mass is 301 g/mol. The number of nitrogens with zero attached hydrogens (tertiary/aromatic N) is 3. The average Bonchev–Trinajstić information content (AvgIpc) is 3.04. The zero-order valence-electron chi connectivity index (χ0n) is 12.0. The maximum Gasteiger partial charge on any atom is 0.245 e. The molecule has 1 unspecified atom stereocenters. The molecule has 1 aromatic carbocycles. The van der Waals surface area contributed by atoms with Crippen molar-refractivity contribution in [1.29, 1.82) is 0 Å². The molecule has 0 radical (unpaired) electrons. The summed E-state index contributed by atoms with van der Waals surface area (Å²) in [6, 6.07) is 6.06. The highest BCUT2D eigenvalue weighted by molar-refractivity contribution is 5.87. The van der Waals surface area contributed by atoms with Gasteiger partial charge in [-0.2, -0.15) is 4.98 Å². The molecule has 1 amide bonds. The first kappa shape index (κ1) is 14.4. The molecule has 0 aliphatic carbocycles. The lowest BCUT2D eigenvalue weighted by Crippen LogP contribution is -2.38. The summed E-state index contributed by atoms with van der Waals surface area (Å²) in [6.45, 7) is 4.76. The quantitative estimate of drug-likeness (QED) is 0.818. The van der Waals surface area contributed by atoms with Crippen LogP contribution in [0.3, 0.4) is 0 Å². The minimum atomic E-state index is -0.343. The molecule has 1 atom stereocenters. The third kappa shape index (κ3) is 2.90. The Bertz CT molecular complexity index is 698. The van der Waals surface area contributed by atoms with Crippen molar-refractivity contribution >= 4 is 5.91 Å². The van der Waals surface area contributed by atoms with Crippen LogP contribution in [0.1, 0.15) is 24.7 Å². The molecule has 6 heteroatoms. The normalized spacial score (nSPS) is 18.2. The molecular weight excluding hydrogens is 285 g/mol. The lowest BCUT2D eigenvalue weighted by atomic mass is 9.98. The van der Waals surface area contributed by atoms with Gasteiger partial charge in [0.15, 0.2) is 0 Å². The molecule has 0 bridgehead atoms. The molecule has 1 saturated heterocycles. The van der Waals surface area contributed by atoms with Gasteiger partial charge in [0.2, 0.25) is 17.6 Å². The summed E-state index contributed by atoms with van der Waals surface area (Å²) < 4.78 is 18.6. The Hall–Kier alpha value is -2.50. The van der Waals surface area contributed by atoms with E-state index in [1.165, 1.54) is 18.2 Å². The van der Waals surface area contributed by atoms with Gasteiger partial charge in [0.05, 0.1) is 5.92 Å². The van der Waals surface area contributed by atoms with Gasteiger partial charge in [0, 0.05) is 18.7 Å². The Morgan fingerprint density at radius 3 is 3.14 bits per heavy atom. The third-order valence-electron chi connectivity index (χ3n) is 3.78. The molecule has 114 valence electrons. The number of hydrogen-bond donors (Lipinski definition) is 0. The summed E-state index contributed by atoms with van der Waals surface area (Å²) in [5.41, 5.74) is 0.574. The second-order valence-electron chi connectivity index (χ2n) is 5.29. The van der Waals surface area contributed by atoms with E-state index in [-0.39, 0.29) is 17.6 Å². The Balaban J connectivity index is 1.78. The molecule has 0 spiro atoms. The second kappa shape index (κ2) is 6.09. The topological polar surface area (TPSA) is 59.2 Å². The maximum atomic E-state index is 13.3. The summed E-state index contributed by atoms with van der Waals surface area (Å²) >= 11 is 0. The molecular formula is C16H16FN3O2. The number of carbonyl (C=O) groups excluding carboxylic acids is 1. The van der Waals surface area contributed by atoms with Crippen LogP contribution in [-0.4, -0.2) is 34.0 Å². The van der Waals surface area contributed by atoms with Crippen LogP contribution in [-0.2, 0) is 4.79 Å². The third-order valence-corrected chi connectivity index (χ3v) is 3.78. The summed E-state index contributed by atoms with van der Waals surface area (Å²) in [5, 5.41) is 3.92. The van der Waals surface area contributed by atoms with Gasteiger partial charge < -0.3 is 9.42 Å². The van der Waals surface area contributed by atoms with E-state index < -0.39 is 0 Å². The van der Waals surface area contributed by atoms with Crippen molar-refractivity contribution < 1.29 is 13.7 Å². The maximum absolute atomic E-state index is 13.3. The van der Waals surface area contributed by atoms with E-state index in [4.69, 9.17) is 4.52 Å². The molecule has 0 N–H and O–H groups in total. The van der Waals surface area contributed by atoms with Crippen LogP contribution < -0.4 is 0 Å². The molecule has 22 heavy (non-hydrogen) atoms. The number of halogens is 1. The highest BCUT2D eigenvalue weighted by Gasteiger charge is 2.27. The number of amides is 1. The molecule has 2 heterocycles. The van der Waals surface area contributed by atoms with Crippen LogP contribution in [0.15, 0.2) is 41.4 Å². The molecule has 2 aromatic rings. The first-order valence-corrected chi connectivity index (χ1v) is 7.18. The summed E-state index contributed by atoms with van der Waals surface area (Å²) in [7, 11) is 0. The van der Waals surface area contributed by atoms with E-state index in [2.05, 4.69) is 16.7 Å². The van der Waals surface area contributed by atoms with Gasteiger partial charge in [-0.05, 0) is 31.1 Å². The number of piperidine rings is 1.